The fourth-order valence-corrected chi connectivity index (χ4v) is 0.203. The number of Topliss-reactive ketones (excluding diaryl/α,β-unsaturated/α-hetero) is 1. The molecule has 0 spiro atoms. The number of hydrogen-bond acceptors (Lipinski definition) is 3. The van der Waals surface area contributed by atoms with Crippen LogP contribution in [-0.4, -0.2) is 18.6 Å². The number of oxime groups is 1. The van der Waals surface area contributed by atoms with E-state index in [1.807, 2.05) is 0 Å². The van der Waals surface area contributed by atoms with Crippen LogP contribution >= 0.6 is 0 Å². The van der Waals surface area contributed by atoms with E-state index >= 15 is 0 Å². The zero-order valence-corrected chi connectivity index (χ0v) is 5.05. The first-order chi connectivity index (χ1) is 3.77. The minimum Gasteiger partial charge on any atom is -0.388 e. The molecule has 0 bridgehead atoms. The van der Waals surface area contributed by atoms with E-state index in [0.29, 0.717) is 0 Å². The molecule has 0 heterocycles. The molecule has 0 aromatic rings. The van der Waals surface area contributed by atoms with Crippen LogP contribution < -0.4 is 0 Å². The lowest BCUT2D eigenvalue weighted by Crippen LogP contribution is -1.98. The van der Waals surface area contributed by atoms with Crippen molar-refractivity contribution in [1.29, 1.82) is 0 Å². The number of rotatable bonds is 3. The molecule has 0 aromatic carbocycles. The molecule has 0 aliphatic carbocycles. The Morgan fingerprint density at radius 3 is 2.88 bits per heavy atom. The number of hydrogen-bond donors (Lipinski definition) is 0. The van der Waals surface area contributed by atoms with E-state index in [2.05, 4.69) is 9.99 Å². The van der Waals surface area contributed by atoms with Gasteiger partial charge in [0.15, 0.2) is 12.4 Å². The minimum atomic E-state index is -0.0180. The molecular weight excluding hydrogens is 106 g/mol. The van der Waals surface area contributed by atoms with Crippen molar-refractivity contribution in [2.24, 2.45) is 5.16 Å². The number of nitrogens with zero attached hydrogens (tertiary/aromatic N) is 1. The van der Waals surface area contributed by atoms with E-state index in [0.717, 1.165) is 0 Å². The number of ketones is 1. The average molecular weight is 115 g/mol. The summed E-state index contributed by atoms with van der Waals surface area (Å²) in [5.74, 6) is -0.0180. The minimum absolute atomic E-state index is 0.0180. The van der Waals surface area contributed by atoms with Gasteiger partial charge in [0.05, 0.1) is 0 Å². The predicted octanol–water partition coefficient (Wildman–Crippen LogP) is 0.598. The Kier molecular flexibility index (Phi) is 3.84. The van der Waals surface area contributed by atoms with Crippen LogP contribution in [0.5, 0.6) is 0 Å². The molecule has 46 valence electrons. The zero-order chi connectivity index (χ0) is 6.41. The predicted molar refractivity (Wildman–Crippen MR) is 30.8 cm³/mol. The summed E-state index contributed by atoms with van der Waals surface area (Å²) < 4.78 is 0. The molecule has 8 heavy (non-hydrogen) atoms. The Balaban J connectivity index is 3.05. The van der Waals surface area contributed by atoms with Crippen molar-refractivity contribution in [1.82, 2.24) is 0 Å². The molecule has 0 radical (unpaired) electrons. The van der Waals surface area contributed by atoms with Crippen molar-refractivity contribution in [3.8, 4) is 0 Å². The van der Waals surface area contributed by atoms with E-state index in [1.165, 1.54) is 13.1 Å². The monoisotopic (exact) mass is 115 g/mol. The van der Waals surface area contributed by atoms with Gasteiger partial charge in [-0.3, -0.25) is 4.79 Å². The quantitative estimate of drug-likeness (QED) is 0.399. The number of carbonyl (C=O) groups excluding carboxylic acids is 1. The second kappa shape index (κ2) is 4.30. The summed E-state index contributed by atoms with van der Waals surface area (Å²) >= 11 is 0. The maximum Gasteiger partial charge on any atom is 0.174 e. The van der Waals surface area contributed by atoms with Crippen molar-refractivity contribution in [3.05, 3.63) is 0 Å². The van der Waals surface area contributed by atoms with Crippen LogP contribution in [0.25, 0.3) is 0 Å². The second-order valence-electron chi connectivity index (χ2n) is 1.34. The highest BCUT2D eigenvalue weighted by atomic mass is 16.6. The fourth-order valence-electron chi connectivity index (χ4n) is 0.203. The standard InChI is InChI=1S/C5H9NO2/c1-3-6-8-4-5(2)7/h3H,4H2,1-2H3/b6-3+. The maximum absolute atomic E-state index is 10.1. The lowest BCUT2D eigenvalue weighted by Gasteiger charge is -1.89. The molecule has 0 unspecified atom stereocenters. The van der Waals surface area contributed by atoms with E-state index in [4.69, 9.17) is 0 Å². The lowest BCUT2D eigenvalue weighted by atomic mass is 10.5. The Bertz CT molecular complexity index is 98.6. The van der Waals surface area contributed by atoms with Crippen molar-refractivity contribution in [3.63, 3.8) is 0 Å². The highest BCUT2D eigenvalue weighted by molar-refractivity contribution is 5.76. The van der Waals surface area contributed by atoms with Crippen LogP contribution in [0.15, 0.2) is 5.16 Å². The third kappa shape index (κ3) is 5.14. The van der Waals surface area contributed by atoms with Gasteiger partial charge in [-0.1, -0.05) is 5.16 Å². The van der Waals surface area contributed by atoms with Gasteiger partial charge in [0, 0.05) is 6.21 Å². The summed E-state index contributed by atoms with van der Waals surface area (Å²) in [4.78, 5) is 14.6. The van der Waals surface area contributed by atoms with Crippen molar-refractivity contribution < 1.29 is 9.63 Å². The summed E-state index contributed by atoms with van der Waals surface area (Å²) in [5, 5.41) is 3.37. The van der Waals surface area contributed by atoms with E-state index in [1.54, 1.807) is 6.92 Å². The van der Waals surface area contributed by atoms with Crippen molar-refractivity contribution >= 4 is 12.0 Å². The molecule has 0 N–H and O–H groups in total. The molecule has 0 aliphatic heterocycles. The third-order valence-electron chi connectivity index (χ3n) is 0.448. The number of carbonyl (C=O) groups is 1. The van der Waals surface area contributed by atoms with E-state index < -0.39 is 0 Å². The molecular formula is C5H9NO2. The molecule has 0 saturated heterocycles. The molecule has 3 nitrogen and oxygen atoms in total. The van der Waals surface area contributed by atoms with Crippen LogP contribution in [0.3, 0.4) is 0 Å². The van der Waals surface area contributed by atoms with Crippen LogP contribution in [0.2, 0.25) is 0 Å². The van der Waals surface area contributed by atoms with Crippen LogP contribution in [-0.2, 0) is 9.63 Å². The Morgan fingerprint density at radius 1 is 1.88 bits per heavy atom. The smallest absolute Gasteiger partial charge is 0.174 e. The second-order valence-corrected chi connectivity index (χ2v) is 1.34. The normalized spacial score (nSPS) is 9.75. The van der Waals surface area contributed by atoms with Crippen LogP contribution in [0, 0.1) is 0 Å². The SMILES string of the molecule is C/C=N/OCC(C)=O. The van der Waals surface area contributed by atoms with Gasteiger partial charge in [0.1, 0.15) is 0 Å². The largest absolute Gasteiger partial charge is 0.388 e. The molecule has 0 fully saturated rings. The van der Waals surface area contributed by atoms with Gasteiger partial charge in [-0.2, -0.15) is 0 Å². The Morgan fingerprint density at radius 2 is 2.50 bits per heavy atom. The molecule has 0 rings (SSSR count). The van der Waals surface area contributed by atoms with Gasteiger partial charge in [0.2, 0.25) is 0 Å². The fraction of sp³-hybridized carbons (Fsp3) is 0.600. The molecule has 0 aromatic heterocycles. The Hall–Kier alpha value is -0.860. The van der Waals surface area contributed by atoms with Gasteiger partial charge in [-0.25, -0.2) is 0 Å². The first-order valence-corrected chi connectivity index (χ1v) is 2.36. The lowest BCUT2D eigenvalue weighted by molar-refractivity contribution is -0.121. The topological polar surface area (TPSA) is 38.7 Å². The third-order valence-corrected chi connectivity index (χ3v) is 0.448. The molecule has 3 heteroatoms. The summed E-state index contributed by atoms with van der Waals surface area (Å²) in [6.07, 6.45) is 1.49. The molecule has 0 saturated carbocycles. The summed E-state index contributed by atoms with van der Waals surface area (Å²) in [5.41, 5.74) is 0. The average Bonchev–Trinajstić information content (AvgIpc) is 1.66. The molecule has 0 atom stereocenters. The summed E-state index contributed by atoms with van der Waals surface area (Å²) in [7, 11) is 0. The highest BCUT2D eigenvalue weighted by Crippen LogP contribution is 1.74. The van der Waals surface area contributed by atoms with Gasteiger partial charge in [-0.15, -0.1) is 0 Å². The van der Waals surface area contributed by atoms with Crippen molar-refractivity contribution in [2.75, 3.05) is 6.61 Å². The summed E-state index contributed by atoms with van der Waals surface area (Å²) in [6, 6.07) is 0. The molecule has 0 aliphatic rings. The van der Waals surface area contributed by atoms with Gasteiger partial charge < -0.3 is 4.84 Å². The van der Waals surface area contributed by atoms with Gasteiger partial charge in [-0.05, 0) is 13.8 Å². The van der Waals surface area contributed by atoms with Gasteiger partial charge >= 0.3 is 0 Å². The highest BCUT2D eigenvalue weighted by Gasteiger charge is 1.87. The Labute approximate surface area is 48.3 Å². The summed E-state index contributed by atoms with van der Waals surface area (Å²) in [6.45, 7) is 3.25. The zero-order valence-electron chi connectivity index (χ0n) is 5.05. The van der Waals surface area contributed by atoms with Crippen LogP contribution in [0.4, 0.5) is 0 Å². The first kappa shape index (κ1) is 7.14. The van der Waals surface area contributed by atoms with E-state index in [-0.39, 0.29) is 12.4 Å². The van der Waals surface area contributed by atoms with Gasteiger partial charge in [0.25, 0.3) is 0 Å². The molecule has 0 amide bonds. The van der Waals surface area contributed by atoms with Crippen LogP contribution in [0.1, 0.15) is 13.8 Å². The first-order valence-electron chi connectivity index (χ1n) is 2.36. The van der Waals surface area contributed by atoms with Crippen molar-refractivity contribution in [2.45, 2.75) is 13.8 Å². The van der Waals surface area contributed by atoms with E-state index in [9.17, 15) is 4.79 Å². The maximum atomic E-state index is 10.1.